The van der Waals surface area contributed by atoms with E-state index in [1.54, 1.807) is 11.0 Å². The number of carbonyl (C=O) groups is 1. The van der Waals surface area contributed by atoms with Crippen LogP contribution in [0.3, 0.4) is 0 Å². The van der Waals surface area contributed by atoms with Crippen LogP contribution in [0.15, 0.2) is 30.7 Å². The molecule has 1 N–H and O–H groups in total. The predicted molar refractivity (Wildman–Crippen MR) is 117 cm³/mol. The monoisotopic (exact) mass is 460 g/mol. The van der Waals surface area contributed by atoms with E-state index in [-0.39, 0.29) is 34.7 Å². The Hall–Kier alpha value is -3.27. The van der Waals surface area contributed by atoms with Crippen molar-refractivity contribution in [2.75, 3.05) is 18.4 Å². The van der Waals surface area contributed by atoms with Crippen LogP contribution in [0.1, 0.15) is 27.2 Å². The van der Waals surface area contributed by atoms with E-state index in [1.165, 1.54) is 24.7 Å². The molecule has 1 aliphatic heterocycles. The van der Waals surface area contributed by atoms with Gasteiger partial charge >= 0.3 is 12.1 Å². The van der Waals surface area contributed by atoms with Gasteiger partial charge in [0.05, 0.1) is 23.5 Å². The first-order chi connectivity index (χ1) is 15.2. The van der Waals surface area contributed by atoms with Gasteiger partial charge < -0.3 is 19.7 Å². The molecule has 0 radical (unpaired) electrons. The summed E-state index contributed by atoms with van der Waals surface area (Å²) in [7, 11) is 0. The smallest absolute Gasteiger partial charge is 0.410 e. The Kier molecular flexibility index (Phi) is 5.96. The molecule has 0 unspecified atom stereocenters. The first kappa shape index (κ1) is 21.9. The molecule has 32 heavy (non-hydrogen) atoms. The van der Waals surface area contributed by atoms with Gasteiger partial charge in [0.15, 0.2) is 11.6 Å². The molecule has 3 heterocycles. The van der Waals surface area contributed by atoms with Crippen molar-refractivity contribution in [1.82, 2.24) is 24.8 Å². The number of ether oxygens (including phenoxy) is 2. The van der Waals surface area contributed by atoms with Crippen molar-refractivity contribution >= 4 is 40.2 Å². The summed E-state index contributed by atoms with van der Waals surface area (Å²) in [5, 5.41) is 2.88. The highest BCUT2D eigenvalue weighted by atomic mass is 35.5. The fourth-order valence-electron chi connectivity index (χ4n) is 3.18. The Morgan fingerprint density at radius 1 is 1.28 bits per heavy atom. The number of carbonyl (C=O) groups excluding carboxylic acids is 1. The molecule has 1 amide bonds. The number of nitrogens with one attached hydrogen (secondary N) is 1. The highest BCUT2D eigenvalue weighted by Gasteiger charge is 2.31. The summed E-state index contributed by atoms with van der Waals surface area (Å²) in [6.45, 7) is 6.33. The van der Waals surface area contributed by atoms with Crippen molar-refractivity contribution in [3.63, 3.8) is 0 Å². The maximum Gasteiger partial charge on any atom is 0.410 e. The Bertz CT molecular complexity index is 1160. The summed E-state index contributed by atoms with van der Waals surface area (Å²) in [4.78, 5) is 30.8. The van der Waals surface area contributed by atoms with Crippen LogP contribution in [-0.4, -0.2) is 55.7 Å². The van der Waals surface area contributed by atoms with Crippen LogP contribution in [0.5, 0.6) is 6.01 Å². The largest absolute Gasteiger partial charge is 0.458 e. The van der Waals surface area contributed by atoms with Gasteiger partial charge in [-0.3, -0.25) is 0 Å². The van der Waals surface area contributed by atoms with E-state index < -0.39 is 11.4 Å². The second-order valence-electron chi connectivity index (χ2n) is 8.29. The maximum absolute atomic E-state index is 14.3. The van der Waals surface area contributed by atoms with Gasteiger partial charge in [0.25, 0.3) is 0 Å². The van der Waals surface area contributed by atoms with Gasteiger partial charge in [0, 0.05) is 13.0 Å². The van der Waals surface area contributed by atoms with Gasteiger partial charge in [-0.1, -0.05) is 17.7 Å². The number of amides is 1. The molecular formula is C21H22ClFN6O3. The Labute approximate surface area is 188 Å². The van der Waals surface area contributed by atoms with Gasteiger partial charge in [-0.2, -0.15) is 4.98 Å². The van der Waals surface area contributed by atoms with Crippen LogP contribution in [0, 0.1) is 5.82 Å². The third-order valence-corrected chi connectivity index (χ3v) is 4.92. The van der Waals surface area contributed by atoms with Crippen molar-refractivity contribution in [3.05, 3.63) is 41.6 Å². The van der Waals surface area contributed by atoms with E-state index >= 15 is 0 Å². The zero-order chi connectivity index (χ0) is 22.9. The molecule has 1 aromatic carbocycles. The van der Waals surface area contributed by atoms with Crippen LogP contribution < -0.4 is 10.1 Å². The average molecular weight is 461 g/mol. The molecule has 0 spiro atoms. The zero-order valence-electron chi connectivity index (χ0n) is 17.8. The zero-order valence-corrected chi connectivity index (χ0v) is 18.6. The summed E-state index contributed by atoms with van der Waals surface area (Å²) in [5.74, 6) is -0.315. The Morgan fingerprint density at radius 2 is 2.09 bits per heavy atom. The number of likely N-dealkylation sites (tertiary alicyclic amines) is 1. The normalized spacial score (nSPS) is 16.3. The molecule has 1 fully saturated rings. The lowest BCUT2D eigenvalue weighted by molar-refractivity contribution is 0.0274. The van der Waals surface area contributed by atoms with Crippen molar-refractivity contribution < 1.29 is 18.7 Å². The highest BCUT2D eigenvalue weighted by molar-refractivity contribution is 6.31. The van der Waals surface area contributed by atoms with Crippen LogP contribution in [0.4, 0.5) is 20.7 Å². The number of benzene rings is 1. The van der Waals surface area contributed by atoms with Gasteiger partial charge in [-0.15, -0.1) is 0 Å². The van der Waals surface area contributed by atoms with E-state index in [0.29, 0.717) is 30.5 Å². The van der Waals surface area contributed by atoms with Gasteiger partial charge in [0.1, 0.15) is 29.1 Å². The summed E-state index contributed by atoms with van der Waals surface area (Å²) < 4.78 is 25.6. The van der Waals surface area contributed by atoms with E-state index in [2.05, 4.69) is 25.3 Å². The number of rotatable bonds is 4. The quantitative estimate of drug-likeness (QED) is 0.613. The molecule has 2 aromatic heterocycles. The lowest BCUT2D eigenvalue weighted by Crippen LogP contribution is -2.36. The van der Waals surface area contributed by atoms with Crippen LogP contribution in [0.2, 0.25) is 5.02 Å². The summed E-state index contributed by atoms with van der Waals surface area (Å²) in [5.41, 5.74) is 0.406. The molecule has 0 saturated carbocycles. The number of fused-ring (bicyclic) bond motifs is 1. The first-order valence-electron chi connectivity index (χ1n) is 10.0. The summed E-state index contributed by atoms with van der Waals surface area (Å²) in [6, 6.07) is 4.73. The molecule has 0 aliphatic carbocycles. The minimum atomic E-state index is -0.598. The summed E-state index contributed by atoms with van der Waals surface area (Å²) in [6.07, 6.45) is 2.77. The molecular weight excluding hydrogens is 439 g/mol. The minimum Gasteiger partial charge on any atom is -0.458 e. The number of halogens is 2. The lowest BCUT2D eigenvalue weighted by Gasteiger charge is -2.24. The third-order valence-electron chi connectivity index (χ3n) is 4.63. The Morgan fingerprint density at radius 3 is 2.88 bits per heavy atom. The van der Waals surface area contributed by atoms with Crippen molar-refractivity contribution in [2.24, 2.45) is 0 Å². The third kappa shape index (κ3) is 4.96. The first-order valence-corrected chi connectivity index (χ1v) is 10.4. The standard InChI is InChI=1S/C21H22ClFN6O3/c1-21(2,3)32-20(30)29-8-7-12(10-29)31-19-24-9-15-17(28-19)18(26-11-25-15)27-14-6-4-5-13(22)16(14)23/h4-6,9,11-12H,7-8,10H2,1-3H3,(H,25,26,27)/t12-/m0/s1. The fraction of sp³-hybridized carbons (Fsp3) is 0.381. The molecule has 3 aromatic rings. The van der Waals surface area contributed by atoms with E-state index in [9.17, 15) is 9.18 Å². The van der Waals surface area contributed by atoms with E-state index in [0.717, 1.165) is 0 Å². The van der Waals surface area contributed by atoms with Crippen LogP contribution in [0.25, 0.3) is 11.0 Å². The minimum absolute atomic E-state index is 0.0113. The number of aromatic nitrogens is 4. The van der Waals surface area contributed by atoms with Crippen LogP contribution in [-0.2, 0) is 4.74 Å². The summed E-state index contributed by atoms with van der Waals surface area (Å²) >= 11 is 5.86. The second-order valence-corrected chi connectivity index (χ2v) is 8.70. The molecule has 168 valence electrons. The number of anilines is 2. The molecule has 1 atom stereocenters. The fourth-order valence-corrected chi connectivity index (χ4v) is 3.35. The number of hydrogen-bond donors (Lipinski definition) is 1. The highest BCUT2D eigenvalue weighted by Crippen LogP contribution is 2.28. The van der Waals surface area contributed by atoms with Crippen molar-refractivity contribution in [2.45, 2.75) is 38.9 Å². The molecule has 1 aliphatic rings. The van der Waals surface area contributed by atoms with Gasteiger partial charge in [-0.25, -0.2) is 24.1 Å². The van der Waals surface area contributed by atoms with Crippen molar-refractivity contribution in [1.29, 1.82) is 0 Å². The number of hydrogen-bond acceptors (Lipinski definition) is 8. The van der Waals surface area contributed by atoms with E-state index in [1.807, 2.05) is 20.8 Å². The molecule has 9 nitrogen and oxygen atoms in total. The second kappa shape index (κ2) is 8.70. The maximum atomic E-state index is 14.3. The van der Waals surface area contributed by atoms with E-state index in [4.69, 9.17) is 21.1 Å². The topological polar surface area (TPSA) is 102 Å². The molecule has 4 rings (SSSR count). The van der Waals surface area contributed by atoms with Gasteiger partial charge in [-0.05, 0) is 32.9 Å². The lowest BCUT2D eigenvalue weighted by atomic mass is 10.2. The molecule has 0 bridgehead atoms. The molecule has 11 heteroatoms. The Balaban J connectivity index is 1.51. The SMILES string of the molecule is CC(C)(C)OC(=O)N1CC[C@H](Oc2ncc3ncnc(Nc4cccc(Cl)c4F)c3n2)C1. The van der Waals surface area contributed by atoms with Gasteiger partial charge in [0.2, 0.25) is 0 Å². The predicted octanol–water partition coefficient (Wildman–Crippen LogP) is 4.34. The van der Waals surface area contributed by atoms with Crippen molar-refractivity contribution in [3.8, 4) is 6.01 Å². The average Bonchev–Trinajstić information content (AvgIpc) is 3.19. The number of nitrogens with zero attached hydrogens (tertiary/aromatic N) is 5. The van der Waals surface area contributed by atoms with Crippen LogP contribution >= 0.6 is 11.6 Å². The molecule has 1 saturated heterocycles.